The fourth-order valence-corrected chi connectivity index (χ4v) is 1.71. The number of aliphatic carboxylic acids is 1. The zero-order chi connectivity index (χ0) is 14.1. The molecule has 0 saturated carbocycles. The Bertz CT molecular complexity index is 403. The van der Waals surface area contributed by atoms with Crippen LogP contribution in [0.2, 0.25) is 0 Å². The van der Waals surface area contributed by atoms with Gasteiger partial charge in [0.25, 0.3) is 0 Å². The lowest BCUT2D eigenvalue weighted by atomic mass is 10.1. The number of rotatable bonds is 9. The van der Waals surface area contributed by atoms with Crippen LogP contribution in [0.25, 0.3) is 0 Å². The number of carboxylic acids is 1. The van der Waals surface area contributed by atoms with Gasteiger partial charge in [-0.1, -0.05) is 6.07 Å². The molecule has 0 aliphatic rings. The molecule has 1 aromatic carbocycles. The Balaban J connectivity index is 2.53. The Kier molecular flexibility index (Phi) is 6.74. The van der Waals surface area contributed by atoms with Crippen molar-refractivity contribution in [1.82, 2.24) is 0 Å². The fourth-order valence-electron chi connectivity index (χ4n) is 1.71. The zero-order valence-electron chi connectivity index (χ0n) is 11.3. The minimum absolute atomic E-state index is 0.175. The van der Waals surface area contributed by atoms with Crippen LogP contribution in [0.1, 0.15) is 24.8 Å². The molecule has 0 saturated heterocycles. The second-order valence-corrected chi connectivity index (χ2v) is 4.14. The number of benzene rings is 1. The molecule has 0 fully saturated rings. The number of carboxylic acid groups (broad SMARTS) is 1. The first kappa shape index (κ1) is 15.3. The summed E-state index contributed by atoms with van der Waals surface area (Å²) < 4.78 is 15.5. The molecule has 0 atom stereocenters. The van der Waals surface area contributed by atoms with E-state index < -0.39 is 5.97 Å². The first-order chi connectivity index (χ1) is 9.17. The number of methoxy groups -OCH3 is 2. The van der Waals surface area contributed by atoms with Crippen molar-refractivity contribution in [2.45, 2.75) is 25.7 Å². The van der Waals surface area contributed by atoms with Crippen molar-refractivity contribution in [3.8, 4) is 11.5 Å². The van der Waals surface area contributed by atoms with E-state index in [0.29, 0.717) is 17.9 Å². The second kappa shape index (κ2) is 8.37. The lowest BCUT2D eigenvalue weighted by molar-refractivity contribution is -0.137. The van der Waals surface area contributed by atoms with Gasteiger partial charge in [-0.25, -0.2) is 0 Å². The van der Waals surface area contributed by atoms with Gasteiger partial charge in [-0.2, -0.15) is 0 Å². The quantitative estimate of drug-likeness (QED) is 0.550. The Morgan fingerprint density at radius 1 is 1.21 bits per heavy atom. The van der Waals surface area contributed by atoms with E-state index in [-0.39, 0.29) is 13.2 Å². The van der Waals surface area contributed by atoms with Crippen LogP contribution in [0.15, 0.2) is 18.2 Å². The topological polar surface area (TPSA) is 65.0 Å². The molecule has 0 bridgehead atoms. The van der Waals surface area contributed by atoms with Crippen molar-refractivity contribution < 1.29 is 24.1 Å². The van der Waals surface area contributed by atoms with Gasteiger partial charge in [-0.05, 0) is 37.0 Å². The summed E-state index contributed by atoms with van der Waals surface area (Å²) in [6.45, 7) is 0.175. The lowest BCUT2D eigenvalue weighted by Gasteiger charge is -2.11. The van der Waals surface area contributed by atoms with Crippen LogP contribution in [0.3, 0.4) is 0 Å². The molecule has 5 heteroatoms. The van der Waals surface area contributed by atoms with E-state index in [4.69, 9.17) is 19.3 Å². The lowest BCUT2D eigenvalue weighted by Crippen LogP contribution is -2.01. The van der Waals surface area contributed by atoms with Crippen LogP contribution in [0, 0.1) is 0 Å². The van der Waals surface area contributed by atoms with Crippen molar-refractivity contribution >= 4 is 5.97 Å². The third-order valence-electron chi connectivity index (χ3n) is 2.67. The highest BCUT2D eigenvalue weighted by Crippen LogP contribution is 2.28. The van der Waals surface area contributed by atoms with Crippen molar-refractivity contribution in [1.29, 1.82) is 0 Å². The minimum Gasteiger partial charge on any atom is -0.493 e. The maximum absolute atomic E-state index is 10.4. The molecule has 0 heterocycles. The van der Waals surface area contributed by atoms with Crippen LogP contribution in [0.4, 0.5) is 0 Å². The predicted molar refractivity (Wildman–Crippen MR) is 70.7 cm³/mol. The van der Waals surface area contributed by atoms with E-state index in [0.717, 1.165) is 18.4 Å². The monoisotopic (exact) mass is 268 g/mol. The SMILES string of the molecule is COCOc1ccc(CCCCC(=O)O)cc1OC. The van der Waals surface area contributed by atoms with Crippen LogP contribution < -0.4 is 9.47 Å². The zero-order valence-corrected chi connectivity index (χ0v) is 11.3. The van der Waals surface area contributed by atoms with E-state index >= 15 is 0 Å². The van der Waals surface area contributed by atoms with Gasteiger partial charge >= 0.3 is 5.97 Å². The van der Waals surface area contributed by atoms with Gasteiger partial charge in [-0.3, -0.25) is 4.79 Å². The minimum atomic E-state index is -0.749. The fraction of sp³-hybridized carbons (Fsp3) is 0.500. The van der Waals surface area contributed by atoms with Gasteiger partial charge in [0.1, 0.15) is 0 Å². The Labute approximate surface area is 113 Å². The molecule has 1 N–H and O–H groups in total. The van der Waals surface area contributed by atoms with Crippen molar-refractivity contribution in [2.24, 2.45) is 0 Å². The molecule has 1 rings (SSSR count). The molecule has 0 radical (unpaired) electrons. The summed E-state index contributed by atoms with van der Waals surface area (Å²) in [4.78, 5) is 10.4. The molecule has 0 aliphatic carbocycles. The summed E-state index contributed by atoms with van der Waals surface area (Å²) >= 11 is 0. The van der Waals surface area contributed by atoms with Crippen LogP contribution in [-0.4, -0.2) is 32.1 Å². The van der Waals surface area contributed by atoms with Gasteiger partial charge in [0.2, 0.25) is 0 Å². The highest BCUT2D eigenvalue weighted by Gasteiger charge is 2.06. The number of carbonyl (C=O) groups is 1. The maximum atomic E-state index is 10.4. The average molecular weight is 268 g/mol. The Morgan fingerprint density at radius 3 is 2.63 bits per heavy atom. The Morgan fingerprint density at radius 2 is 2.00 bits per heavy atom. The number of ether oxygens (including phenoxy) is 3. The molecular weight excluding hydrogens is 248 g/mol. The Hall–Kier alpha value is -1.75. The normalized spacial score (nSPS) is 10.2. The van der Waals surface area contributed by atoms with Gasteiger partial charge in [0.15, 0.2) is 18.3 Å². The van der Waals surface area contributed by atoms with Gasteiger partial charge in [0.05, 0.1) is 7.11 Å². The number of hydrogen-bond donors (Lipinski definition) is 1. The number of hydrogen-bond acceptors (Lipinski definition) is 4. The highest BCUT2D eigenvalue weighted by molar-refractivity contribution is 5.66. The molecule has 5 nitrogen and oxygen atoms in total. The summed E-state index contributed by atoms with van der Waals surface area (Å²) in [7, 11) is 3.15. The van der Waals surface area contributed by atoms with Crippen molar-refractivity contribution in [3.05, 3.63) is 23.8 Å². The number of unbranched alkanes of at least 4 members (excludes halogenated alkanes) is 1. The third-order valence-corrected chi connectivity index (χ3v) is 2.67. The van der Waals surface area contributed by atoms with Crippen molar-refractivity contribution in [3.63, 3.8) is 0 Å². The molecular formula is C14H20O5. The van der Waals surface area contributed by atoms with E-state index in [2.05, 4.69) is 0 Å². The molecule has 0 aliphatic heterocycles. The number of aryl methyl sites for hydroxylation is 1. The summed E-state index contributed by atoms with van der Waals surface area (Å²) in [5, 5.41) is 8.56. The van der Waals surface area contributed by atoms with E-state index in [1.165, 1.54) is 0 Å². The van der Waals surface area contributed by atoms with E-state index in [1.807, 2.05) is 18.2 Å². The van der Waals surface area contributed by atoms with Crippen LogP contribution in [0.5, 0.6) is 11.5 Å². The summed E-state index contributed by atoms with van der Waals surface area (Å²) in [5.74, 6) is 0.548. The van der Waals surface area contributed by atoms with E-state index in [9.17, 15) is 4.79 Å². The molecule has 106 valence electrons. The average Bonchev–Trinajstić information content (AvgIpc) is 2.41. The summed E-state index contributed by atoms with van der Waals surface area (Å²) in [6.07, 6.45) is 2.56. The molecule has 0 unspecified atom stereocenters. The van der Waals surface area contributed by atoms with Crippen molar-refractivity contribution in [2.75, 3.05) is 21.0 Å². The molecule has 1 aromatic rings. The van der Waals surface area contributed by atoms with E-state index in [1.54, 1.807) is 14.2 Å². The molecule has 19 heavy (non-hydrogen) atoms. The summed E-state index contributed by atoms with van der Waals surface area (Å²) in [5.41, 5.74) is 1.10. The molecule has 0 aromatic heterocycles. The third kappa shape index (κ3) is 5.61. The largest absolute Gasteiger partial charge is 0.493 e. The van der Waals surface area contributed by atoms with Gasteiger partial charge in [0, 0.05) is 13.5 Å². The van der Waals surface area contributed by atoms with Crippen LogP contribution in [-0.2, 0) is 16.0 Å². The molecule has 0 spiro atoms. The van der Waals surface area contributed by atoms with Gasteiger partial charge in [-0.15, -0.1) is 0 Å². The highest BCUT2D eigenvalue weighted by atomic mass is 16.7. The first-order valence-corrected chi connectivity index (χ1v) is 6.17. The van der Waals surface area contributed by atoms with Crippen LogP contribution >= 0.6 is 0 Å². The smallest absolute Gasteiger partial charge is 0.303 e. The first-order valence-electron chi connectivity index (χ1n) is 6.17. The maximum Gasteiger partial charge on any atom is 0.303 e. The standard InChI is InChI=1S/C14H20O5/c1-17-10-19-12-8-7-11(9-13(12)18-2)5-3-4-6-14(15)16/h7-9H,3-6,10H2,1-2H3,(H,15,16). The predicted octanol–water partition coefficient (Wildman–Crippen LogP) is 2.48. The van der Waals surface area contributed by atoms with Gasteiger partial charge < -0.3 is 19.3 Å². The summed E-state index contributed by atoms with van der Waals surface area (Å²) in [6, 6.07) is 5.70. The second-order valence-electron chi connectivity index (χ2n) is 4.14. The molecule has 0 amide bonds.